The summed E-state index contributed by atoms with van der Waals surface area (Å²) >= 11 is 0. The Morgan fingerprint density at radius 3 is 2.56 bits per heavy atom. The fourth-order valence-corrected chi connectivity index (χ4v) is 2.24. The molecule has 0 amide bonds. The molecule has 0 aliphatic heterocycles. The molecule has 0 unspecified atom stereocenters. The average Bonchev–Trinajstić information content (AvgIpc) is 2.26. The molecule has 0 atom stereocenters. The van der Waals surface area contributed by atoms with Crippen LogP contribution in [-0.2, 0) is 14.8 Å². The molecule has 86 valence electrons. The normalized spacial score (nSPS) is 11.0. The van der Waals surface area contributed by atoms with Crippen LogP contribution in [0.2, 0.25) is 0 Å². The molecule has 0 bridgehead atoms. The third-order valence-electron chi connectivity index (χ3n) is 1.76. The number of hydrogen-bond donors (Lipinski definition) is 2. The molecule has 1 aromatic rings. The quantitative estimate of drug-likeness (QED) is 0.701. The second-order valence-electron chi connectivity index (χ2n) is 2.82. The number of aldehydes is 1. The van der Waals surface area contributed by atoms with E-state index in [1.807, 2.05) is 4.72 Å². The third kappa shape index (κ3) is 2.65. The van der Waals surface area contributed by atoms with Crippen molar-refractivity contribution in [1.29, 1.82) is 0 Å². The first-order valence-corrected chi connectivity index (χ1v) is 5.73. The summed E-state index contributed by atoms with van der Waals surface area (Å²) in [6.45, 7) is -0.393. The van der Waals surface area contributed by atoms with Crippen LogP contribution in [-0.4, -0.2) is 32.3 Å². The topological polar surface area (TPSA) is 101 Å². The first kappa shape index (κ1) is 12.3. The highest BCUT2D eigenvalue weighted by Crippen LogP contribution is 2.14. The number of benzene rings is 1. The Morgan fingerprint density at radius 2 is 2.00 bits per heavy atom. The SMILES string of the molecule is O=CCNS(=O)(=O)c1ccccc1C(=O)O. The van der Waals surface area contributed by atoms with E-state index in [9.17, 15) is 18.0 Å². The van der Waals surface area contributed by atoms with Gasteiger partial charge in [0.25, 0.3) is 0 Å². The van der Waals surface area contributed by atoms with Crippen molar-refractivity contribution in [2.45, 2.75) is 4.90 Å². The van der Waals surface area contributed by atoms with E-state index < -0.39 is 22.5 Å². The molecule has 1 rings (SSSR count). The van der Waals surface area contributed by atoms with Crippen molar-refractivity contribution in [1.82, 2.24) is 4.72 Å². The maximum Gasteiger partial charge on any atom is 0.337 e. The molecule has 0 radical (unpaired) electrons. The second-order valence-corrected chi connectivity index (χ2v) is 4.56. The molecular formula is C9H9NO5S. The highest BCUT2D eigenvalue weighted by molar-refractivity contribution is 7.89. The van der Waals surface area contributed by atoms with Gasteiger partial charge in [-0.15, -0.1) is 0 Å². The predicted molar refractivity (Wildman–Crippen MR) is 54.7 cm³/mol. The maximum absolute atomic E-state index is 11.6. The number of sulfonamides is 1. The van der Waals surface area contributed by atoms with Gasteiger partial charge in [-0.05, 0) is 12.1 Å². The van der Waals surface area contributed by atoms with E-state index in [4.69, 9.17) is 5.11 Å². The molecule has 2 N–H and O–H groups in total. The van der Waals surface area contributed by atoms with Gasteiger partial charge in [0.15, 0.2) is 0 Å². The summed E-state index contributed by atoms with van der Waals surface area (Å²) in [5.41, 5.74) is -0.333. The van der Waals surface area contributed by atoms with E-state index in [-0.39, 0.29) is 10.5 Å². The van der Waals surface area contributed by atoms with Gasteiger partial charge in [-0.2, -0.15) is 0 Å². The second kappa shape index (κ2) is 4.86. The molecule has 0 aliphatic carbocycles. The molecule has 0 saturated heterocycles. The average molecular weight is 243 g/mol. The molecule has 0 aliphatic rings. The minimum absolute atomic E-state index is 0.333. The lowest BCUT2D eigenvalue weighted by Crippen LogP contribution is -2.27. The summed E-state index contributed by atoms with van der Waals surface area (Å²) in [7, 11) is -3.96. The van der Waals surface area contributed by atoms with Crippen LogP contribution in [0.15, 0.2) is 29.2 Å². The van der Waals surface area contributed by atoms with Crippen molar-refractivity contribution < 1.29 is 23.1 Å². The molecule has 0 saturated carbocycles. The Bertz CT molecular complexity index is 508. The number of nitrogens with one attached hydrogen (secondary N) is 1. The van der Waals surface area contributed by atoms with Crippen molar-refractivity contribution >= 4 is 22.3 Å². The van der Waals surface area contributed by atoms with E-state index in [0.29, 0.717) is 6.29 Å². The fraction of sp³-hybridized carbons (Fsp3) is 0.111. The summed E-state index contributed by atoms with van der Waals surface area (Å²) in [6, 6.07) is 5.17. The van der Waals surface area contributed by atoms with Crippen LogP contribution in [0.1, 0.15) is 10.4 Å². The van der Waals surface area contributed by atoms with Crippen LogP contribution in [0.25, 0.3) is 0 Å². The highest BCUT2D eigenvalue weighted by atomic mass is 32.2. The molecule has 6 nitrogen and oxygen atoms in total. The molecular weight excluding hydrogens is 234 g/mol. The zero-order valence-corrected chi connectivity index (χ0v) is 8.90. The van der Waals surface area contributed by atoms with Crippen LogP contribution in [0.4, 0.5) is 0 Å². The molecule has 16 heavy (non-hydrogen) atoms. The van der Waals surface area contributed by atoms with E-state index in [1.165, 1.54) is 18.2 Å². The van der Waals surface area contributed by atoms with Gasteiger partial charge in [-0.3, -0.25) is 0 Å². The van der Waals surface area contributed by atoms with E-state index in [2.05, 4.69) is 0 Å². The summed E-state index contributed by atoms with van der Waals surface area (Å²) in [5.74, 6) is -1.34. The van der Waals surface area contributed by atoms with Gasteiger partial charge >= 0.3 is 5.97 Å². The lowest BCUT2D eigenvalue weighted by atomic mass is 10.2. The number of hydrogen-bond acceptors (Lipinski definition) is 4. The Morgan fingerprint density at radius 1 is 1.38 bits per heavy atom. The van der Waals surface area contributed by atoms with Crippen LogP contribution in [0, 0.1) is 0 Å². The molecule has 0 fully saturated rings. The van der Waals surface area contributed by atoms with Crippen LogP contribution in [0.5, 0.6) is 0 Å². The van der Waals surface area contributed by atoms with Gasteiger partial charge in [0.1, 0.15) is 6.29 Å². The Kier molecular flexibility index (Phi) is 3.75. The lowest BCUT2D eigenvalue weighted by molar-refractivity contribution is -0.106. The van der Waals surface area contributed by atoms with Gasteiger partial charge in [0.05, 0.1) is 17.0 Å². The summed E-state index contributed by atoms with van der Waals surface area (Å²) < 4.78 is 25.1. The van der Waals surface area contributed by atoms with Gasteiger partial charge < -0.3 is 9.90 Å². The Labute approximate surface area is 92.0 Å². The monoisotopic (exact) mass is 243 g/mol. The number of rotatable bonds is 5. The number of carbonyl (C=O) groups is 2. The van der Waals surface area contributed by atoms with Crippen molar-refractivity contribution in [3.63, 3.8) is 0 Å². The van der Waals surface area contributed by atoms with Crippen LogP contribution in [0.3, 0.4) is 0 Å². The lowest BCUT2D eigenvalue weighted by Gasteiger charge is -2.06. The number of carbonyl (C=O) groups excluding carboxylic acids is 1. The van der Waals surface area contributed by atoms with Crippen LogP contribution < -0.4 is 4.72 Å². The fourth-order valence-electron chi connectivity index (χ4n) is 1.10. The third-order valence-corrected chi connectivity index (χ3v) is 3.25. The zero-order valence-electron chi connectivity index (χ0n) is 8.08. The Balaban J connectivity index is 3.22. The van der Waals surface area contributed by atoms with Gasteiger partial charge in [0, 0.05) is 0 Å². The van der Waals surface area contributed by atoms with Gasteiger partial charge in [-0.25, -0.2) is 17.9 Å². The minimum Gasteiger partial charge on any atom is -0.478 e. The molecule has 0 aromatic heterocycles. The first-order valence-electron chi connectivity index (χ1n) is 4.24. The largest absolute Gasteiger partial charge is 0.478 e. The minimum atomic E-state index is -3.96. The first-order chi connectivity index (χ1) is 7.49. The van der Waals surface area contributed by atoms with Crippen molar-refractivity contribution in [3.8, 4) is 0 Å². The summed E-state index contributed by atoms with van der Waals surface area (Å²) in [6.07, 6.45) is 0.376. The van der Waals surface area contributed by atoms with Crippen molar-refractivity contribution in [2.75, 3.05) is 6.54 Å². The molecule has 0 spiro atoms. The number of aromatic carboxylic acids is 1. The van der Waals surface area contributed by atoms with Crippen molar-refractivity contribution in [2.24, 2.45) is 0 Å². The predicted octanol–water partition coefficient (Wildman–Crippen LogP) is -0.138. The van der Waals surface area contributed by atoms with Crippen LogP contribution >= 0.6 is 0 Å². The van der Waals surface area contributed by atoms with Crippen molar-refractivity contribution in [3.05, 3.63) is 29.8 Å². The standard InChI is InChI=1S/C9H9NO5S/c11-6-5-10-16(14,15)8-4-2-1-3-7(8)9(12)13/h1-4,6,10H,5H2,(H,12,13). The van der Waals surface area contributed by atoms with Gasteiger partial charge in [-0.1, -0.05) is 12.1 Å². The molecule has 7 heteroatoms. The summed E-state index contributed by atoms with van der Waals surface area (Å²) in [4.78, 5) is 20.5. The number of carboxylic acid groups (broad SMARTS) is 1. The van der Waals surface area contributed by atoms with E-state index in [1.54, 1.807) is 0 Å². The van der Waals surface area contributed by atoms with E-state index >= 15 is 0 Å². The number of carboxylic acids is 1. The molecule has 1 aromatic carbocycles. The van der Waals surface area contributed by atoms with Gasteiger partial charge in [0.2, 0.25) is 10.0 Å². The zero-order chi connectivity index (χ0) is 12.2. The Hall–Kier alpha value is -1.73. The molecule has 0 heterocycles. The smallest absolute Gasteiger partial charge is 0.337 e. The highest BCUT2D eigenvalue weighted by Gasteiger charge is 2.20. The maximum atomic E-state index is 11.6. The summed E-state index contributed by atoms with van der Waals surface area (Å²) in [5, 5.41) is 8.79. The van der Waals surface area contributed by atoms with E-state index in [0.717, 1.165) is 6.07 Å².